The second kappa shape index (κ2) is 5.36. The first-order chi connectivity index (χ1) is 7.94. The van der Waals surface area contributed by atoms with Crippen LogP contribution in [0.3, 0.4) is 0 Å². The summed E-state index contributed by atoms with van der Waals surface area (Å²) < 4.78 is 31.5. The molecule has 0 saturated carbocycles. The van der Waals surface area contributed by atoms with E-state index in [0.717, 1.165) is 6.07 Å². The van der Waals surface area contributed by atoms with Crippen LogP contribution < -0.4 is 0 Å². The van der Waals surface area contributed by atoms with Crippen molar-refractivity contribution in [3.63, 3.8) is 0 Å². The van der Waals surface area contributed by atoms with E-state index in [0.29, 0.717) is 6.42 Å². The first-order valence-corrected chi connectivity index (χ1v) is 5.46. The topological polar surface area (TPSA) is 26.3 Å². The van der Waals surface area contributed by atoms with Crippen LogP contribution in [-0.4, -0.2) is 18.5 Å². The van der Waals surface area contributed by atoms with E-state index in [1.165, 1.54) is 19.2 Å². The molecule has 0 aliphatic carbocycles. The zero-order chi connectivity index (χ0) is 13.1. The van der Waals surface area contributed by atoms with Gasteiger partial charge in [0.05, 0.1) is 0 Å². The molecule has 94 valence electrons. The third kappa shape index (κ3) is 2.88. The van der Waals surface area contributed by atoms with Crippen molar-refractivity contribution >= 4 is 5.78 Å². The van der Waals surface area contributed by atoms with Gasteiger partial charge in [-0.3, -0.25) is 4.79 Å². The first kappa shape index (κ1) is 13.8. The Bertz CT molecular complexity index is 412. The van der Waals surface area contributed by atoms with E-state index in [9.17, 15) is 13.6 Å². The largest absolute Gasteiger partial charge is 0.371 e. The summed E-state index contributed by atoms with van der Waals surface area (Å²) in [4.78, 5) is 11.9. The summed E-state index contributed by atoms with van der Waals surface area (Å²) in [6.45, 7) is 3.45. The van der Waals surface area contributed by atoms with Crippen LogP contribution in [0.25, 0.3) is 0 Å². The number of carbonyl (C=O) groups excluding carboxylic acids is 1. The van der Waals surface area contributed by atoms with Crippen LogP contribution in [0.1, 0.15) is 25.8 Å². The summed E-state index contributed by atoms with van der Waals surface area (Å²) >= 11 is 0. The molecule has 0 heterocycles. The van der Waals surface area contributed by atoms with Crippen molar-refractivity contribution in [1.82, 2.24) is 0 Å². The number of Topliss-reactive ketones (excluding diaryl/α,β-unsaturated/α-hetero) is 1. The van der Waals surface area contributed by atoms with Gasteiger partial charge in [0.2, 0.25) is 0 Å². The van der Waals surface area contributed by atoms with E-state index < -0.39 is 17.2 Å². The highest BCUT2D eigenvalue weighted by Crippen LogP contribution is 2.20. The lowest BCUT2D eigenvalue weighted by Crippen LogP contribution is -2.38. The molecule has 0 aliphatic heterocycles. The monoisotopic (exact) mass is 242 g/mol. The van der Waals surface area contributed by atoms with Gasteiger partial charge in [0, 0.05) is 13.5 Å². The number of hydrogen-bond donors (Lipinski definition) is 0. The lowest BCUT2D eigenvalue weighted by molar-refractivity contribution is -0.138. The van der Waals surface area contributed by atoms with Gasteiger partial charge >= 0.3 is 0 Å². The number of hydrogen-bond acceptors (Lipinski definition) is 2. The van der Waals surface area contributed by atoms with E-state index in [2.05, 4.69) is 0 Å². The predicted octanol–water partition coefficient (Wildman–Crippen LogP) is 2.89. The Morgan fingerprint density at radius 3 is 2.59 bits per heavy atom. The van der Waals surface area contributed by atoms with Gasteiger partial charge in [-0.15, -0.1) is 0 Å². The molecular weight excluding hydrogens is 226 g/mol. The maximum absolute atomic E-state index is 13.4. The second-order valence-electron chi connectivity index (χ2n) is 4.10. The number of methoxy groups -OCH3 is 1. The fraction of sp³-hybridized carbons (Fsp3) is 0.462. The smallest absolute Gasteiger partial charge is 0.168 e. The standard InChI is InChI=1S/C13H16F2O2/c1-4-13(2,17-3)11(16)8-9-6-5-7-10(14)12(9)15/h5-7H,4,8H2,1-3H3. The molecule has 0 saturated heterocycles. The third-order valence-corrected chi connectivity index (χ3v) is 3.10. The van der Waals surface area contributed by atoms with Crippen molar-refractivity contribution in [2.45, 2.75) is 32.3 Å². The molecule has 1 unspecified atom stereocenters. The van der Waals surface area contributed by atoms with Crippen molar-refractivity contribution in [1.29, 1.82) is 0 Å². The SMILES string of the molecule is CCC(C)(OC)C(=O)Cc1cccc(F)c1F. The zero-order valence-electron chi connectivity index (χ0n) is 10.2. The fourth-order valence-electron chi connectivity index (χ4n) is 1.50. The van der Waals surface area contributed by atoms with Crippen molar-refractivity contribution < 1.29 is 18.3 Å². The van der Waals surface area contributed by atoms with Crippen molar-refractivity contribution in [2.24, 2.45) is 0 Å². The number of benzene rings is 1. The van der Waals surface area contributed by atoms with Gasteiger partial charge in [0.25, 0.3) is 0 Å². The Morgan fingerprint density at radius 2 is 2.06 bits per heavy atom. The van der Waals surface area contributed by atoms with E-state index >= 15 is 0 Å². The van der Waals surface area contributed by atoms with Gasteiger partial charge in [0.1, 0.15) is 5.60 Å². The molecule has 1 aromatic carbocycles. The minimum absolute atomic E-state index is 0.0618. The molecule has 0 spiro atoms. The minimum Gasteiger partial charge on any atom is -0.371 e. The van der Waals surface area contributed by atoms with Crippen LogP contribution in [0.2, 0.25) is 0 Å². The number of ketones is 1. The number of rotatable bonds is 5. The number of halogens is 2. The van der Waals surface area contributed by atoms with E-state index in [1.807, 2.05) is 6.92 Å². The normalized spacial score (nSPS) is 14.4. The van der Waals surface area contributed by atoms with Crippen molar-refractivity contribution in [3.8, 4) is 0 Å². The van der Waals surface area contributed by atoms with E-state index in [1.54, 1.807) is 6.92 Å². The van der Waals surface area contributed by atoms with Gasteiger partial charge in [-0.05, 0) is 25.0 Å². The Morgan fingerprint density at radius 1 is 1.41 bits per heavy atom. The summed E-state index contributed by atoms with van der Waals surface area (Å²) in [6.07, 6.45) is 0.320. The van der Waals surface area contributed by atoms with Crippen molar-refractivity contribution in [3.05, 3.63) is 35.4 Å². The maximum Gasteiger partial charge on any atom is 0.168 e. The van der Waals surface area contributed by atoms with Crippen LogP contribution >= 0.6 is 0 Å². The maximum atomic E-state index is 13.4. The fourth-order valence-corrected chi connectivity index (χ4v) is 1.50. The molecule has 0 aromatic heterocycles. The lowest BCUT2D eigenvalue weighted by atomic mass is 9.92. The van der Waals surface area contributed by atoms with Gasteiger partial charge in [-0.2, -0.15) is 0 Å². The average molecular weight is 242 g/mol. The third-order valence-electron chi connectivity index (χ3n) is 3.10. The van der Waals surface area contributed by atoms with Crippen LogP contribution in [0.4, 0.5) is 8.78 Å². The van der Waals surface area contributed by atoms with Crippen LogP contribution in [0.5, 0.6) is 0 Å². The molecule has 2 nitrogen and oxygen atoms in total. The summed E-state index contributed by atoms with van der Waals surface area (Å²) in [5.74, 6) is -2.16. The molecule has 1 rings (SSSR count). The summed E-state index contributed by atoms with van der Waals surface area (Å²) in [6, 6.07) is 3.82. The molecule has 0 N–H and O–H groups in total. The van der Waals surface area contributed by atoms with Crippen LogP contribution in [0, 0.1) is 11.6 Å². The molecule has 0 aliphatic rings. The highest BCUT2D eigenvalue weighted by Gasteiger charge is 2.31. The first-order valence-electron chi connectivity index (χ1n) is 5.46. The van der Waals surface area contributed by atoms with Crippen molar-refractivity contribution in [2.75, 3.05) is 7.11 Å². The van der Waals surface area contributed by atoms with E-state index in [-0.39, 0.29) is 17.8 Å². The summed E-state index contributed by atoms with van der Waals surface area (Å²) in [5.41, 5.74) is -0.884. The minimum atomic E-state index is -0.963. The molecule has 1 aromatic rings. The Kier molecular flexibility index (Phi) is 4.34. The molecular formula is C13H16F2O2. The highest BCUT2D eigenvalue weighted by atomic mass is 19.2. The van der Waals surface area contributed by atoms with Crippen LogP contribution in [0.15, 0.2) is 18.2 Å². The predicted molar refractivity (Wildman–Crippen MR) is 60.8 cm³/mol. The Labute approximate surface area is 99.6 Å². The van der Waals surface area contributed by atoms with Gasteiger partial charge in [-0.1, -0.05) is 19.1 Å². The van der Waals surface area contributed by atoms with Gasteiger partial charge in [0.15, 0.2) is 17.4 Å². The van der Waals surface area contributed by atoms with E-state index in [4.69, 9.17) is 4.74 Å². The molecule has 0 amide bonds. The quantitative estimate of drug-likeness (QED) is 0.793. The molecule has 4 heteroatoms. The second-order valence-corrected chi connectivity index (χ2v) is 4.10. The molecule has 0 fully saturated rings. The number of carbonyl (C=O) groups is 1. The summed E-state index contributed by atoms with van der Waals surface area (Å²) in [5, 5.41) is 0. The molecule has 17 heavy (non-hydrogen) atoms. The molecule has 1 atom stereocenters. The lowest BCUT2D eigenvalue weighted by Gasteiger charge is -2.25. The van der Waals surface area contributed by atoms with Crippen LogP contribution in [-0.2, 0) is 16.0 Å². The number of ether oxygens (including phenoxy) is 1. The highest BCUT2D eigenvalue weighted by molar-refractivity contribution is 5.88. The Balaban J connectivity index is 2.92. The van der Waals surface area contributed by atoms with Gasteiger partial charge in [-0.25, -0.2) is 8.78 Å². The molecule has 0 radical (unpaired) electrons. The Hall–Kier alpha value is -1.29. The average Bonchev–Trinajstić information content (AvgIpc) is 2.33. The summed E-state index contributed by atoms with van der Waals surface area (Å²) in [7, 11) is 1.43. The van der Waals surface area contributed by atoms with Gasteiger partial charge < -0.3 is 4.74 Å². The molecule has 0 bridgehead atoms. The zero-order valence-corrected chi connectivity index (χ0v) is 10.2.